The minimum absolute atomic E-state index is 0. The molecule has 1 aromatic carbocycles. The highest BCUT2D eigenvalue weighted by atomic mass is 35.5. The zero-order chi connectivity index (χ0) is 16.2. The molecule has 1 aliphatic rings. The zero-order valence-corrected chi connectivity index (χ0v) is 13.3. The Labute approximate surface area is 139 Å². The summed E-state index contributed by atoms with van der Waals surface area (Å²) >= 11 is 0. The topological polar surface area (TPSA) is 64.4 Å². The number of carbonyl (C=O) groups excluding carboxylic acids is 1. The molecule has 8 heteroatoms. The third kappa shape index (κ3) is 6.66. The van der Waals surface area contributed by atoms with E-state index in [-0.39, 0.29) is 36.0 Å². The van der Waals surface area contributed by atoms with Crippen LogP contribution in [0.2, 0.25) is 0 Å². The average Bonchev–Trinajstić information content (AvgIpc) is 2.42. The maximum absolute atomic E-state index is 12.0. The summed E-state index contributed by atoms with van der Waals surface area (Å²) in [5, 5.41) is 2.67. The second-order valence-electron chi connectivity index (χ2n) is 5.53. The summed E-state index contributed by atoms with van der Waals surface area (Å²) in [5.41, 5.74) is 6.43. The van der Waals surface area contributed by atoms with Gasteiger partial charge in [0.25, 0.3) is 0 Å². The minimum atomic E-state index is -4.72. The number of nitrogens with one attached hydrogen (secondary N) is 1. The molecule has 1 aliphatic carbocycles. The normalized spacial score (nSPS) is 21.2. The van der Waals surface area contributed by atoms with Gasteiger partial charge in [-0.2, -0.15) is 0 Å². The van der Waals surface area contributed by atoms with Crippen LogP contribution >= 0.6 is 12.4 Å². The predicted octanol–water partition coefficient (Wildman–Crippen LogP) is 3.85. The van der Waals surface area contributed by atoms with Gasteiger partial charge >= 0.3 is 6.36 Å². The number of carbonyl (C=O) groups is 1. The Morgan fingerprint density at radius 1 is 1.22 bits per heavy atom. The van der Waals surface area contributed by atoms with Crippen molar-refractivity contribution in [1.29, 1.82) is 0 Å². The van der Waals surface area contributed by atoms with Crippen molar-refractivity contribution in [1.82, 2.24) is 0 Å². The number of benzene rings is 1. The quantitative estimate of drug-likeness (QED) is 0.865. The third-order valence-electron chi connectivity index (χ3n) is 3.79. The van der Waals surface area contributed by atoms with Crippen LogP contribution in [0.4, 0.5) is 18.9 Å². The highest BCUT2D eigenvalue weighted by molar-refractivity contribution is 5.90. The van der Waals surface area contributed by atoms with Crippen LogP contribution < -0.4 is 15.8 Å². The SMILES string of the molecule is Cl.NC1CCCCC1CC(=O)Nc1ccc(OC(F)(F)F)cc1. The van der Waals surface area contributed by atoms with E-state index in [1.165, 1.54) is 12.1 Å². The van der Waals surface area contributed by atoms with Crippen LogP contribution in [0.1, 0.15) is 32.1 Å². The van der Waals surface area contributed by atoms with E-state index >= 15 is 0 Å². The van der Waals surface area contributed by atoms with Crippen LogP contribution in [0, 0.1) is 5.92 Å². The first-order valence-corrected chi connectivity index (χ1v) is 7.25. The number of halogens is 4. The molecule has 4 nitrogen and oxygen atoms in total. The number of ether oxygens (including phenoxy) is 1. The van der Waals surface area contributed by atoms with E-state index in [0.29, 0.717) is 12.1 Å². The number of nitrogens with two attached hydrogens (primary N) is 1. The molecule has 130 valence electrons. The van der Waals surface area contributed by atoms with E-state index in [4.69, 9.17) is 5.73 Å². The summed E-state index contributed by atoms with van der Waals surface area (Å²) in [6, 6.07) is 5.12. The fourth-order valence-corrected chi connectivity index (χ4v) is 2.68. The van der Waals surface area contributed by atoms with E-state index in [0.717, 1.165) is 37.8 Å². The van der Waals surface area contributed by atoms with Crippen LogP contribution in [0.3, 0.4) is 0 Å². The second kappa shape index (κ2) is 8.40. The molecule has 0 bridgehead atoms. The molecule has 1 fully saturated rings. The molecule has 0 spiro atoms. The average molecular weight is 353 g/mol. The lowest BCUT2D eigenvalue weighted by atomic mass is 9.83. The van der Waals surface area contributed by atoms with Crippen molar-refractivity contribution in [3.63, 3.8) is 0 Å². The summed E-state index contributed by atoms with van der Waals surface area (Å²) in [6.45, 7) is 0. The molecule has 0 radical (unpaired) electrons. The molecule has 2 rings (SSSR count). The van der Waals surface area contributed by atoms with Gasteiger partial charge in [-0.3, -0.25) is 4.79 Å². The van der Waals surface area contributed by atoms with Gasteiger partial charge in [0.1, 0.15) is 5.75 Å². The number of alkyl halides is 3. The number of hydrogen-bond acceptors (Lipinski definition) is 3. The first-order chi connectivity index (χ1) is 10.3. The van der Waals surface area contributed by atoms with Gasteiger partial charge in [-0.05, 0) is 43.0 Å². The molecule has 1 amide bonds. The number of amides is 1. The van der Waals surface area contributed by atoms with Crippen molar-refractivity contribution in [2.24, 2.45) is 11.7 Å². The van der Waals surface area contributed by atoms with Crippen molar-refractivity contribution in [2.75, 3.05) is 5.32 Å². The lowest BCUT2D eigenvalue weighted by molar-refractivity contribution is -0.274. The smallest absolute Gasteiger partial charge is 0.406 e. The summed E-state index contributed by atoms with van der Waals surface area (Å²) in [5.74, 6) is -0.326. The van der Waals surface area contributed by atoms with Crippen LogP contribution in [0.5, 0.6) is 5.75 Å². The molecule has 0 heterocycles. The Morgan fingerprint density at radius 2 is 1.83 bits per heavy atom. The summed E-state index contributed by atoms with van der Waals surface area (Å²) in [6.07, 6.45) is -0.340. The van der Waals surface area contributed by atoms with Crippen molar-refractivity contribution in [3.05, 3.63) is 24.3 Å². The molecular weight excluding hydrogens is 333 g/mol. The number of anilines is 1. The van der Waals surface area contributed by atoms with Gasteiger partial charge in [0.2, 0.25) is 5.91 Å². The summed E-state index contributed by atoms with van der Waals surface area (Å²) < 4.78 is 39.9. The molecule has 3 N–H and O–H groups in total. The standard InChI is InChI=1S/C15H19F3N2O2.ClH/c16-15(17,18)22-12-7-5-11(6-8-12)20-14(21)9-10-3-1-2-4-13(10)19;/h5-8,10,13H,1-4,9,19H2,(H,20,21);1H. The first-order valence-electron chi connectivity index (χ1n) is 7.25. The fourth-order valence-electron chi connectivity index (χ4n) is 2.68. The molecule has 23 heavy (non-hydrogen) atoms. The van der Waals surface area contributed by atoms with E-state index in [1.54, 1.807) is 0 Å². The fraction of sp³-hybridized carbons (Fsp3) is 0.533. The zero-order valence-electron chi connectivity index (χ0n) is 12.4. The Morgan fingerprint density at radius 3 is 2.39 bits per heavy atom. The van der Waals surface area contributed by atoms with Crippen LogP contribution in [0.15, 0.2) is 24.3 Å². The van der Waals surface area contributed by atoms with Crippen molar-refractivity contribution in [2.45, 2.75) is 44.5 Å². The molecule has 0 saturated heterocycles. The lowest BCUT2D eigenvalue weighted by Gasteiger charge is -2.27. The van der Waals surface area contributed by atoms with Crippen molar-refractivity contribution < 1.29 is 22.7 Å². The van der Waals surface area contributed by atoms with Gasteiger partial charge in [-0.15, -0.1) is 25.6 Å². The summed E-state index contributed by atoms with van der Waals surface area (Å²) in [4.78, 5) is 12.0. The van der Waals surface area contributed by atoms with Gasteiger partial charge in [0.05, 0.1) is 0 Å². The van der Waals surface area contributed by atoms with Crippen LogP contribution in [0.25, 0.3) is 0 Å². The number of hydrogen-bond donors (Lipinski definition) is 2. The van der Waals surface area contributed by atoms with Gasteiger partial charge in [-0.25, -0.2) is 0 Å². The maximum Gasteiger partial charge on any atom is 0.573 e. The van der Waals surface area contributed by atoms with E-state index in [9.17, 15) is 18.0 Å². The monoisotopic (exact) mass is 352 g/mol. The Bertz CT molecular complexity index is 508. The Balaban J connectivity index is 0.00000264. The van der Waals surface area contributed by atoms with E-state index in [2.05, 4.69) is 10.1 Å². The molecule has 0 aliphatic heterocycles. The van der Waals surface area contributed by atoms with E-state index < -0.39 is 6.36 Å². The molecule has 1 aromatic rings. The minimum Gasteiger partial charge on any atom is -0.406 e. The van der Waals surface area contributed by atoms with Crippen LogP contribution in [-0.4, -0.2) is 18.3 Å². The van der Waals surface area contributed by atoms with Gasteiger partial charge in [0.15, 0.2) is 0 Å². The second-order valence-corrected chi connectivity index (χ2v) is 5.53. The van der Waals surface area contributed by atoms with Gasteiger partial charge in [0, 0.05) is 18.2 Å². The maximum atomic E-state index is 12.0. The summed E-state index contributed by atoms with van der Waals surface area (Å²) in [7, 11) is 0. The molecule has 1 saturated carbocycles. The van der Waals surface area contributed by atoms with Crippen LogP contribution in [-0.2, 0) is 4.79 Å². The van der Waals surface area contributed by atoms with E-state index in [1.807, 2.05) is 0 Å². The molecular formula is C15H20ClF3N2O2. The highest BCUT2D eigenvalue weighted by Gasteiger charge is 2.31. The van der Waals surface area contributed by atoms with Crippen molar-refractivity contribution >= 4 is 24.0 Å². The van der Waals surface area contributed by atoms with Crippen molar-refractivity contribution in [3.8, 4) is 5.75 Å². The Kier molecular flexibility index (Phi) is 7.15. The van der Waals surface area contributed by atoms with Gasteiger partial charge < -0.3 is 15.8 Å². The van der Waals surface area contributed by atoms with Gasteiger partial charge in [-0.1, -0.05) is 12.8 Å². The lowest BCUT2D eigenvalue weighted by Crippen LogP contribution is -2.35. The molecule has 0 aromatic heterocycles. The highest BCUT2D eigenvalue weighted by Crippen LogP contribution is 2.27. The Hall–Kier alpha value is -1.47. The third-order valence-corrected chi connectivity index (χ3v) is 3.79. The predicted molar refractivity (Wildman–Crippen MR) is 83.6 cm³/mol. The molecule has 2 atom stereocenters. The largest absolute Gasteiger partial charge is 0.573 e. The first kappa shape index (κ1) is 19.6. The number of rotatable bonds is 4. The molecule has 2 unspecified atom stereocenters.